The van der Waals surface area contributed by atoms with Crippen LogP contribution in [0.1, 0.15) is 26.7 Å². The maximum absolute atomic E-state index is 11.2. The van der Waals surface area contributed by atoms with Gasteiger partial charge >= 0.3 is 5.97 Å². The molecule has 0 saturated heterocycles. The predicted molar refractivity (Wildman–Crippen MR) is 53.5 cm³/mol. The third-order valence-corrected chi connectivity index (χ3v) is 3.28. The summed E-state index contributed by atoms with van der Waals surface area (Å²) in [7, 11) is -3.41. The van der Waals surface area contributed by atoms with Crippen LogP contribution in [0.2, 0.25) is 0 Å². The number of nitrogens with one attached hydrogen (secondary N) is 1. The van der Waals surface area contributed by atoms with Crippen LogP contribution in [0.5, 0.6) is 0 Å². The van der Waals surface area contributed by atoms with Crippen molar-refractivity contribution in [2.75, 3.05) is 12.3 Å². The van der Waals surface area contributed by atoms with E-state index < -0.39 is 16.0 Å². The summed E-state index contributed by atoms with van der Waals surface area (Å²) in [6.45, 7) is 4.27. The molecule has 0 aromatic carbocycles. The smallest absolute Gasteiger partial charge is 0.304 e. The van der Waals surface area contributed by atoms with Crippen LogP contribution >= 0.6 is 0 Å². The normalized spacial score (nSPS) is 13.9. The Bertz CT molecular complexity index is 273. The minimum Gasteiger partial charge on any atom is -0.481 e. The van der Waals surface area contributed by atoms with Crippen molar-refractivity contribution in [3.63, 3.8) is 0 Å². The Morgan fingerprint density at radius 1 is 1.50 bits per heavy atom. The van der Waals surface area contributed by atoms with Crippen LogP contribution in [0.4, 0.5) is 0 Å². The van der Waals surface area contributed by atoms with Gasteiger partial charge in [-0.2, -0.15) is 0 Å². The van der Waals surface area contributed by atoms with E-state index in [0.717, 1.165) is 6.42 Å². The van der Waals surface area contributed by atoms with Gasteiger partial charge in [-0.1, -0.05) is 20.3 Å². The number of aliphatic carboxylic acids is 1. The van der Waals surface area contributed by atoms with E-state index in [1.54, 1.807) is 0 Å². The summed E-state index contributed by atoms with van der Waals surface area (Å²) in [5, 5.41) is 8.31. The summed E-state index contributed by atoms with van der Waals surface area (Å²) in [6.07, 6.45) is 0.539. The fraction of sp³-hybridized carbons (Fsp3) is 0.875. The Labute approximate surface area is 84.6 Å². The molecule has 0 spiro atoms. The first kappa shape index (κ1) is 13.4. The molecule has 0 amide bonds. The maximum Gasteiger partial charge on any atom is 0.304 e. The molecule has 5 nitrogen and oxygen atoms in total. The molecule has 0 aliphatic heterocycles. The number of carbonyl (C=O) groups is 1. The molecule has 0 radical (unpaired) electrons. The number of hydrogen-bond donors (Lipinski definition) is 2. The molecular formula is C8H17NO4S. The molecule has 84 valence electrons. The van der Waals surface area contributed by atoms with E-state index in [1.165, 1.54) is 0 Å². The molecule has 0 aliphatic carbocycles. The molecule has 0 fully saturated rings. The zero-order chi connectivity index (χ0) is 11.2. The van der Waals surface area contributed by atoms with Crippen LogP contribution in [0.3, 0.4) is 0 Å². The van der Waals surface area contributed by atoms with Crippen molar-refractivity contribution in [2.24, 2.45) is 5.92 Å². The van der Waals surface area contributed by atoms with E-state index in [1.807, 2.05) is 13.8 Å². The highest BCUT2D eigenvalue weighted by Gasteiger charge is 2.13. The average Bonchev–Trinajstić information content (AvgIpc) is 2.11. The fourth-order valence-corrected chi connectivity index (χ4v) is 1.83. The van der Waals surface area contributed by atoms with E-state index in [9.17, 15) is 13.2 Å². The number of carboxylic acid groups (broad SMARTS) is 1. The fourth-order valence-electron chi connectivity index (χ4n) is 0.707. The number of hydrogen-bond acceptors (Lipinski definition) is 3. The summed E-state index contributed by atoms with van der Waals surface area (Å²) in [5.74, 6) is -1.17. The van der Waals surface area contributed by atoms with E-state index in [4.69, 9.17) is 5.11 Å². The second-order valence-corrected chi connectivity index (χ2v) is 5.25. The quantitative estimate of drug-likeness (QED) is 0.655. The van der Waals surface area contributed by atoms with Crippen molar-refractivity contribution in [1.82, 2.24) is 4.72 Å². The molecule has 0 aromatic rings. The molecule has 1 unspecified atom stereocenters. The lowest BCUT2D eigenvalue weighted by Crippen LogP contribution is -2.31. The highest BCUT2D eigenvalue weighted by molar-refractivity contribution is 7.89. The monoisotopic (exact) mass is 223 g/mol. The van der Waals surface area contributed by atoms with Gasteiger partial charge in [0.1, 0.15) is 0 Å². The van der Waals surface area contributed by atoms with Gasteiger partial charge in [-0.15, -0.1) is 0 Å². The second-order valence-electron chi connectivity index (χ2n) is 3.32. The Hall–Kier alpha value is -0.620. The van der Waals surface area contributed by atoms with Crippen molar-refractivity contribution >= 4 is 16.0 Å². The Morgan fingerprint density at radius 3 is 2.50 bits per heavy atom. The number of sulfonamides is 1. The van der Waals surface area contributed by atoms with Crippen LogP contribution in [-0.2, 0) is 14.8 Å². The molecule has 1 atom stereocenters. The standard InChI is InChI=1S/C8H17NO4S/c1-3-7(2)6-9-14(12,13)5-4-8(10)11/h7,9H,3-6H2,1-2H3,(H,10,11). The average molecular weight is 223 g/mol. The highest BCUT2D eigenvalue weighted by Crippen LogP contribution is 1.99. The van der Waals surface area contributed by atoms with Gasteiger partial charge in [-0.25, -0.2) is 13.1 Å². The van der Waals surface area contributed by atoms with Crippen LogP contribution in [0, 0.1) is 5.92 Å². The predicted octanol–water partition coefficient (Wildman–Crippen LogP) is 0.427. The number of rotatable bonds is 7. The molecule has 2 N–H and O–H groups in total. The molecule has 6 heteroatoms. The van der Waals surface area contributed by atoms with Gasteiger partial charge in [0.2, 0.25) is 10.0 Å². The first-order chi connectivity index (χ1) is 6.37. The van der Waals surface area contributed by atoms with Gasteiger partial charge in [0, 0.05) is 6.54 Å². The number of carboxylic acids is 1. The van der Waals surface area contributed by atoms with Crippen LogP contribution in [-0.4, -0.2) is 31.8 Å². The third kappa shape index (κ3) is 6.85. The summed E-state index contributed by atoms with van der Waals surface area (Å²) >= 11 is 0. The van der Waals surface area contributed by atoms with Crippen LogP contribution < -0.4 is 4.72 Å². The summed E-state index contributed by atoms with van der Waals surface area (Å²) < 4.78 is 24.7. The van der Waals surface area contributed by atoms with Crippen molar-refractivity contribution in [1.29, 1.82) is 0 Å². The lowest BCUT2D eigenvalue weighted by molar-refractivity contribution is -0.136. The topological polar surface area (TPSA) is 83.5 Å². The largest absolute Gasteiger partial charge is 0.481 e. The third-order valence-electron chi connectivity index (χ3n) is 1.93. The van der Waals surface area contributed by atoms with Crippen LogP contribution in [0.15, 0.2) is 0 Å². The first-order valence-corrected chi connectivity index (χ1v) is 6.21. The zero-order valence-corrected chi connectivity index (χ0v) is 9.30. The summed E-state index contributed by atoms with van der Waals surface area (Å²) in [4.78, 5) is 10.1. The molecule has 0 saturated carbocycles. The van der Waals surface area contributed by atoms with Crippen molar-refractivity contribution in [3.8, 4) is 0 Å². The van der Waals surface area contributed by atoms with Crippen molar-refractivity contribution < 1.29 is 18.3 Å². The highest BCUT2D eigenvalue weighted by atomic mass is 32.2. The summed E-state index contributed by atoms with van der Waals surface area (Å²) in [5.41, 5.74) is 0. The van der Waals surface area contributed by atoms with E-state index in [0.29, 0.717) is 6.54 Å². The van der Waals surface area contributed by atoms with Gasteiger partial charge in [0.25, 0.3) is 0 Å². The summed E-state index contributed by atoms with van der Waals surface area (Å²) in [6, 6.07) is 0. The van der Waals surface area contributed by atoms with Gasteiger partial charge < -0.3 is 5.11 Å². The zero-order valence-electron chi connectivity index (χ0n) is 8.49. The van der Waals surface area contributed by atoms with Gasteiger partial charge in [-0.05, 0) is 5.92 Å². The lowest BCUT2D eigenvalue weighted by atomic mass is 10.1. The Morgan fingerprint density at radius 2 is 2.07 bits per heavy atom. The van der Waals surface area contributed by atoms with E-state index >= 15 is 0 Å². The molecule has 0 rings (SSSR count). The molecule has 0 heterocycles. The molecular weight excluding hydrogens is 206 g/mol. The molecule has 0 aromatic heterocycles. The van der Waals surface area contributed by atoms with Crippen molar-refractivity contribution in [3.05, 3.63) is 0 Å². The Kier molecular flexibility index (Phi) is 5.71. The molecule has 14 heavy (non-hydrogen) atoms. The lowest BCUT2D eigenvalue weighted by Gasteiger charge is -2.09. The minimum atomic E-state index is -3.41. The van der Waals surface area contributed by atoms with Gasteiger partial charge in [0.05, 0.1) is 12.2 Å². The maximum atomic E-state index is 11.2. The van der Waals surface area contributed by atoms with Crippen molar-refractivity contribution in [2.45, 2.75) is 26.7 Å². The van der Waals surface area contributed by atoms with Gasteiger partial charge in [-0.3, -0.25) is 4.79 Å². The van der Waals surface area contributed by atoms with E-state index in [2.05, 4.69) is 4.72 Å². The second kappa shape index (κ2) is 5.98. The first-order valence-electron chi connectivity index (χ1n) is 4.56. The SMILES string of the molecule is CCC(C)CNS(=O)(=O)CCC(=O)O. The van der Waals surface area contributed by atoms with E-state index in [-0.39, 0.29) is 18.1 Å². The minimum absolute atomic E-state index is 0.273. The van der Waals surface area contributed by atoms with Crippen LogP contribution in [0.25, 0.3) is 0 Å². The molecule has 0 aliphatic rings. The Balaban J connectivity index is 3.90. The molecule has 0 bridgehead atoms. The van der Waals surface area contributed by atoms with Gasteiger partial charge in [0.15, 0.2) is 0 Å².